The number of nitrogens with one attached hydrogen (secondary N) is 1. The fraction of sp³-hybridized carbons (Fsp3) is 0.417. The molecule has 160 valence electrons. The van der Waals surface area contributed by atoms with Crippen molar-refractivity contribution in [1.82, 2.24) is 5.43 Å². The Labute approximate surface area is 189 Å². The van der Waals surface area contributed by atoms with E-state index in [2.05, 4.69) is 69.1 Å². The van der Waals surface area contributed by atoms with Gasteiger partial charge in [0.15, 0.2) is 0 Å². The van der Waals surface area contributed by atoms with E-state index in [0.29, 0.717) is 27.6 Å². The first-order valence-electron chi connectivity index (χ1n) is 10.2. The highest BCUT2D eigenvalue weighted by molar-refractivity contribution is 6.36. The van der Waals surface area contributed by atoms with Gasteiger partial charge >= 0.3 is 0 Å². The Morgan fingerprint density at radius 3 is 2.60 bits per heavy atom. The molecule has 1 atom stereocenters. The fourth-order valence-electron chi connectivity index (χ4n) is 4.62. The molecule has 30 heavy (non-hydrogen) atoms. The number of benzene rings is 2. The third-order valence-corrected chi connectivity index (χ3v) is 6.27. The first-order chi connectivity index (χ1) is 14.0. The average molecular weight is 446 g/mol. The SMILES string of the molecule is Cc1cc2c(cc1/C=N\NC(=O)c1ccc(Cl)cc1Cl)[C@H](C)CC(C)(C)N2C(C)C. The number of aryl methyl sites for hydroxylation is 1. The summed E-state index contributed by atoms with van der Waals surface area (Å²) in [6.45, 7) is 13.5. The van der Waals surface area contributed by atoms with Crippen LogP contribution >= 0.6 is 23.2 Å². The molecule has 1 heterocycles. The standard InChI is InChI=1S/C24H29Cl2N3O/c1-14(2)29-22-9-15(3)17(10-20(22)16(4)12-24(29,5)6)13-27-28-23(30)19-8-7-18(25)11-21(19)26/h7-11,13-14,16H,12H2,1-6H3,(H,28,30)/b27-13-/t16-/m1/s1. The summed E-state index contributed by atoms with van der Waals surface area (Å²) in [5.41, 5.74) is 7.72. The second kappa shape index (κ2) is 8.60. The van der Waals surface area contributed by atoms with Crippen LogP contribution in [0, 0.1) is 6.92 Å². The van der Waals surface area contributed by atoms with Crippen LogP contribution in [0.5, 0.6) is 0 Å². The minimum atomic E-state index is -0.371. The van der Waals surface area contributed by atoms with Crippen molar-refractivity contribution in [2.45, 2.75) is 65.5 Å². The molecule has 0 aromatic heterocycles. The number of anilines is 1. The summed E-state index contributed by atoms with van der Waals surface area (Å²) in [6.07, 6.45) is 2.78. The summed E-state index contributed by atoms with van der Waals surface area (Å²) < 4.78 is 0. The topological polar surface area (TPSA) is 44.7 Å². The van der Waals surface area contributed by atoms with Crippen LogP contribution in [0.15, 0.2) is 35.4 Å². The van der Waals surface area contributed by atoms with Crippen LogP contribution in [-0.2, 0) is 0 Å². The Morgan fingerprint density at radius 1 is 1.27 bits per heavy atom. The molecule has 2 aromatic rings. The van der Waals surface area contributed by atoms with Gasteiger partial charge in [-0.15, -0.1) is 0 Å². The molecule has 0 radical (unpaired) electrons. The molecule has 0 spiro atoms. The lowest BCUT2D eigenvalue weighted by Gasteiger charge is -2.50. The number of halogens is 2. The highest BCUT2D eigenvalue weighted by Crippen LogP contribution is 2.45. The van der Waals surface area contributed by atoms with Crippen LogP contribution in [0.2, 0.25) is 10.0 Å². The summed E-state index contributed by atoms with van der Waals surface area (Å²) in [6, 6.07) is 9.61. The van der Waals surface area contributed by atoms with Gasteiger partial charge in [0.05, 0.1) is 16.8 Å². The van der Waals surface area contributed by atoms with Gasteiger partial charge in [-0.05, 0) is 94.0 Å². The van der Waals surface area contributed by atoms with Gasteiger partial charge in [-0.1, -0.05) is 30.1 Å². The maximum absolute atomic E-state index is 12.4. The maximum atomic E-state index is 12.4. The molecule has 0 unspecified atom stereocenters. The highest BCUT2D eigenvalue weighted by Gasteiger charge is 2.37. The van der Waals surface area contributed by atoms with E-state index in [1.807, 2.05) is 0 Å². The van der Waals surface area contributed by atoms with Crippen LogP contribution in [0.4, 0.5) is 5.69 Å². The minimum absolute atomic E-state index is 0.106. The van der Waals surface area contributed by atoms with Crippen LogP contribution in [0.1, 0.15) is 74.0 Å². The largest absolute Gasteiger partial charge is 0.364 e. The molecule has 1 N–H and O–H groups in total. The predicted molar refractivity (Wildman–Crippen MR) is 127 cm³/mol. The number of hydrazone groups is 1. The Morgan fingerprint density at radius 2 is 1.97 bits per heavy atom. The van der Waals surface area contributed by atoms with Crippen molar-refractivity contribution in [2.24, 2.45) is 5.10 Å². The fourth-order valence-corrected chi connectivity index (χ4v) is 5.12. The van der Waals surface area contributed by atoms with Gasteiger partial charge in [0.2, 0.25) is 0 Å². The number of carbonyl (C=O) groups excluding carboxylic acids is 1. The van der Waals surface area contributed by atoms with Gasteiger partial charge in [-0.25, -0.2) is 5.43 Å². The average Bonchev–Trinajstić information content (AvgIpc) is 2.61. The molecule has 0 saturated heterocycles. The number of amides is 1. The van der Waals surface area contributed by atoms with Crippen LogP contribution in [-0.4, -0.2) is 23.7 Å². The summed E-state index contributed by atoms with van der Waals surface area (Å²) in [5.74, 6) is 0.0739. The van der Waals surface area contributed by atoms with Crippen LogP contribution in [0.25, 0.3) is 0 Å². The number of fused-ring (bicyclic) bond motifs is 1. The molecule has 0 fully saturated rings. The molecule has 3 rings (SSSR count). The van der Waals surface area contributed by atoms with Crippen molar-refractivity contribution in [1.29, 1.82) is 0 Å². The number of hydrogen-bond donors (Lipinski definition) is 1. The first kappa shape index (κ1) is 22.6. The molecule has 0 aliphatic carbocycles. The molecule has 1 aliphatic heterocycles. The third kappa shape index (κ3) is 4.50. The zero-order chi connectivity index (χ0) is 22.2. The zero-order valence-corrected chi connectivity index (χ0v) is 19.9. The van der Waals surface area contributed by atoms with Gasteiger partial charge in [0.25, 0.3) is 5.91 Å². The van der Waals surface area contributed by atoms with Crippen LogP contribution < -0.4 is 10.3 Å². The van der Waals surface area contributed by atoms with E-state index in [1.54, 1.807) is 24.4 Å². The monoisotopic (exact) mass is 445 g/mol. The molecular formula is C24H29Cl2N3O. The van der Waals surface area contributed by atoms with Gasteiger partial charge in [0, 0.05) is 22.3 Å². The minimum Gasteiger partial charge on any atom is -0.364 e. The Bertz CT molecular complexity index is 998. The van der Waals surface area contributed by atoms with E-state index in [1.165, 1.54) is 11.3 Å². The number of rotatable bonds is 4. The lowest BCUT2D eigenvalue weighted by Crippen LogP contribution is -2.51. The Hall–Kier alpha value is -2.04. The normalized spacial score (nSPS) is 18.0. The van der Waals surface area contributed by atoms with Gasteiger partial charge in [-0.3, -0.25) is 4.79 Å². The summed E-state index contributed by atoms with van der Waals surface area (Å²) in [5, 5.41) is 4.95. The second-order valence-corrected chi connectivity index (χ2v) is 9.82. The molecule has 1 amide bonds. The van der Waals surface area contributed by atoms with Gasteiger partial charge in [0.1, 0.15) is 0 Å². The zero-order valence-electron chi connectivity index (χ0n) is 18.4. The first-order valence-corrected chi connectivity index (χ1v) is 11.0. The van der Waals surface area contributed by atoms with E-state index < -0.39 is 0 Å². The lowest BCUT2D eigenvalue weighted by molar-refractivity contribution is 0.0955. The molecule has 4 nitrogen and oxygen atoms in total. The number of nitrogens with zero attached hydrogens (tertiary/aromatic N) is 2. The number of hydrogen-bond acceptors (Lipinski definition) is 3. The quantitative estimate of drug-likeness (QED) is 0.427. The molecule has 6 heteroatoms. The summed E-state index contributed by atoms with van der Waals surface area (Å²) in [4.78, 5) is 14.9. The summed E-state index contributed by atoms with van der Waals surface area (Å²) >= 11 is 12.0. The number of carbonyl (C=O) groups is 1. The smallest absolute Gasteiger partial charge is 0.272 e. The Kier molecular flexibility index (Phi) is 6.49. The van der Waals surface area contributed by atoms with Gasteiger partial charge in [-0.2, -0.15) is 5.10 Å². The molecule has 2 aromatic carbocycles. The van der Waals surface area contributed by atoms with Crippen molar-refractivity contribution in [3.63, 3.8) is 0 Å². The van der Waals surface area contributed by atoms with Crippen molar-refractivity contribution in [3.05, 3.63) is 62.6 Å². The molecular weight excluding hydrogens is 417 g/mol. The van der Waals surface area contributed by atoms with E-state index in [9.17, 15) is 4.79 Å². The lowest BCUT2D eigenvalue weighted by atomic mass is 9.78. The Balaban J connectivity index is 1.86. The summed E-state index contributed by atoms with van der Waals surface area (Å²) in [7, 11) is 0. The predicted octanol–water partition coefficient (Wildman–Crippen LogP) is 6.57. The van der Waals surface area contributed by atoms with Gasteiger partial charge < -0.3 is 4.90 Å². The van der Waals surface area contributed by atoms with E-state index in [-0.39, 0.29) is 11.4 Å². The van der Waals surface area contributed by atoms with E-state index in [0.717, 1.165) is 17.5 Å². The van der Waals surface area contributed by atoms with Crippen molar-refractivity contribution in [3.8, 4) is 0 Å². The van der Waals surface area contributed by atoms with E-state index in [4.69, 9.17) is 23.2 Å². The molecule has 1 aliphatic rings. The van der Waals surface area contributed by atoms with E-state index >= 15 is 0 Å². The maximum Gasteiger partial charge on any atom is 0.272 e. The second-order valence-electron chi connectivity index (χ2n) is 8.97. The van der Waals surface area contributed by atoms with Crippen molar-refractivity contribution in [2.75, 3.05) is 4.90 Å². The van der Waals surface area contributed by atoms with Crippen molar-refractivity contribution >= 4 is 41.0 Å². The third-order valence-electron chi connectivity index (χ3n) is 5.73. The molecule has 0 saturated carbocycles. The van der Waals surface area contributed by atoms with Crippen molar-refractivity contribution < 1.29 is 4.79 Å². The van der Waals surface area contributed by atoms with Crippen LogP contribution in [0.3, 0.4) is 0 Å². The molecule has 0 bridgehead atoms. The highest BCUT2D eigenvalue weighted by atomic mass is 35.5.